The zero-order chi connectivity index (χ0) is 13.1. The summed E-state index contributed by atoms with van der Waals surface area (Å²) in [6.45, 7) is 0.692. The fraction of sp³-hybridized carbons (Fsp3) is 0.417. The average molecular weight is 264 g/mol. The maximum absolute atomic E-state index is 11.4. The molecule has 1 saturated heterocycles. The van der Waals surface area contributed by atoms with Crippen LogP contribution >= 0.6 is 12.2 Å². The molecular weight excluding hydrogens is 248 g/mol. The maximum atomic E-state index is 11.4. The second-order valence-electron chi connectivity index (χ2n) is 4.45. The van der Waals surface area contributed by atoms with Crippen LogP contribution in [-0.2, 0) is 4.79 Å². The quantitative estimate of drug-likeness (QED) is 0.788. The highest BCUT2D eigenvalue weighted by Crippen LogP contribution is 2.15. The number of amides is 1. The third kappa shape index (κ3) is 2.95. The van der Waals surface area contributed by atoms with Crippen LogP contribution in [0, 0.1) is 0 Å². The molecule has 0 aromatic carbocycles. The molecule has 96 valence electrons. The number of rotatable bonds is 3. The minimum atomic E-state index is 0.192. The second kappa shape index (κ2) is 5.30. The first-order valence-corrected chi connectivity index (χ1v) is 6.23. The lowest BCUT2D eigenvalue weighted by atomic mass is 10.1. The number of hydrogen-bond donors (Lipinski definition) is 2. The molecule has 1 unspecified atom stereocenters. The van der Waals surface area contributed by atoms with Gasteiger partial charge in [0, 0.05) is 37.8 Å². The molecule has 1 aliphatic heterocycles. The molecule has 18 heavy (non-hydrogen) atoms. The summed E-state index contributed by atoms with van der Waals surface area (Å²) >= 11 is 4.93. The van der Waals surface area contributed by atoms with Crippen LogP contribution in [0.25, 0.3) is 0 Å². The Bertz CT molecular complexity index is 477. The predicted molar refractivity (Wildman–Crippen MR) is 74.4 cm³/mol. The number of aromatic nitrogens is 1. The number of hydrogen-bond acceptors (Lipinski definition) is 4. The standard InChI is InChI=1S/C12H16N4OS/c1-16-7-9(2-3-11(16)17)15-10-6-8(12(13)18)4-5-14-10/h4-6,9H,2-3,7H2,1H3,(H2,13,18)(H,14,15). The Morgan fingerprint density at radius 2 is 2.44 bits per heavy atom. The van der Waals surface area contributed by atoms with Crippen molar-refractivity contribution in [3.63, 3.8) is 0 Å². The van der Waals surface area contributed by atoms with E-state index in [0.29, 0.717) is 18.0 Å². The number of pyridine rings is 1. The molecular formula is C12H16N4OS. The smallest absolute Gasteiger partial charge is 0.222 e. The van der Waals surface area contributed by atoms with Gasteiger partial charge < -0.3 is 16.0 Å². The van der Waals surface area contributed by atoms with Gasteiger partial charge in [0.15, 0.2) is 0 Å². The van der Waals surface area contributed by atoms with Crippen molar-refractivity contribution in [3.8, 4) is 0 Å². The van der Waals surface area contributed by atoms with Crippen molar-refractivity contribution in [3.05, 3.63) is 23.9 Å². The molecule has 1 amide bonds. The van der Waals surface area contributed by atoms with Crippen LogP contribution in [0.4, 0.5) is 5.82 Å². The first-order valence-electron chi connectivity index (χ1n) is 5.82. The molecule has 1 aromatic heterocycles. The molecule has 5 nitrogen and oxygen atoms in total. The highest BCUT2D eigenvalue weighted by molar-refractivity contribution is 7.80. The van der Waals surface area contributed by atoms with Gasteiger partial charge in [-0.15, -0.1) is 0 Å². The Balaban J connectivity index is 2.03. The van der Waals surface area contributed by atoms with Crippen LogP contribution in [0.15, 0.2) is 18.3 Å². The van der Waals surface area contributed by atoms with Gasteiger partial charge in [-0.2, -0.15) is 0 Å². The number of piperidine rings is 1. The molecule has 0 radical (unpaired) electrons. The van der Waals surface area contributed by atoms with Gasteiger partial charge in [-0.3, -0.25) is 4.79 Å². The van der Waals surface area contributed by atoms with Crippen LogP contribution in [-0.4, -0.2) is 40.4 Å². The van der Waals surface area contributed by atoms with Crippen molar-refractivity contribution < 1.29 is 4.79 Å². The molecule has 0 saturated carbocycles. The Hall–Kier alpha value is -1.69. The number of nitrogens with one attached hydrogen (secondary N) is 1. The monoisotopic (exact) mass is 264 g/mol. The van der Waals surface area contributed by atoms with Crippen molar-refractivity contribution in [1.82, 2.24) is 9.88 Å². The number of carbonyl (C=O) groups excluding carboxylic acids is 1. The van der Waals surface area contributed by atoms with Gasteiger partial charge in [0.25, 0.3) is 0 Å². The SMILES string of the molecule is CN1CC(Nc2cc(C(N)=S)ccn2)CCC1=O. The summed E-state index contributed by atoms with van der Waals surface area (Å²) in [5, 5.41) is 3.31. The fourth-order valence-electron chi connectivity index (χ4n) is 2.00. The topological polar surface area (TPSA) is 71.2 Å². The first-order chi connectivity index (χ1) is 8.56. The average Bonchev–Trinajstić information content (AvgIpc) is 2.34. The maximum Gasteiger partial charge on any atom is 0.222 e. The highest BCUT2D eigenvalue weighted by atomic mass is 32.1. The van der Waals surface area contributed by atoms with E-state index >= 15 is 0 Å². The molecule has 0 spiro atoms. The lowest BCUT2D eigenvalue weighted by Gasteiger charge is -2.30. The molecule has 1 fully saturated rings. The number of likely N-dealkylation sites (tertiary alicyclic amines) is 1. The molecule has 6 heteroatoms. The predicted octanol–water partition coefficient (Wildman–Crippen LogP) is 0.748. The number of anilines is 1. The van der Waals surface area contributed by atoms with Crippen molar-refractivity contribution in [2.24, 2.45) is 5.73 Å². The normalized spacial score (nSPS) is 19.7. The zero-order valence-corrected chi connectivity index (χ0v) is 11.0. The van der Waals surface area contributed by atoms with Gasteiger partial charge in [0.05, 0.1) is 0 Å². The minimum absolute atomic E-state index is 0.192. The van der Waals surface area contributed by atoms with E-state index in [2.05, 4.69) is 10.3 Å². The molecule has 0 bridgehead atoms. The third-order valence-electron chi connectivity index (χ3n) is 3.02. The summed E-state index contributed by atoms with van der Waals surface area (Å²) in [5.41, 5.74) is 6.37. The molecule has 1 atom stereocenters. The van der Waals surface area contributed by atoms with Crippen molar-refractivity contribution in [1.29, 1.82) is 0 Å². The van der Waals surface area contributed by atoms with E-state index in [-0.39, 0.29) is 11.9 Å². The summed E-state index contributed by atoms with van der Waals surface area (Å²) in [4.78, 5) is 17.7. The van der Waals surface area contributed by atoms with Crippen molar-refractivity contribution in [2.45, 2.75) is 18.9 Å². The first kappa shape index (κ1) is 12.8. The van der Waals surface area contributed by atoms with E-state index in [0.717, 1.165) is 17.8 Å². The van der Waals surface area contributed by atoms with Gasteiger partial charge in [-0.05, 0) is 18.6 Å². The Labute approximate surface area is 111 Å². The molecule has 2 rings (SSSR count). The van der Waals surface area contributed by atoms with Gasteiger partial charge in [-0.1, -0.05) is 12.2 Å². The van der Waals surface area contributed by atoms with Gasteiger partial charge in [-0.25, -0.2) is 4.98 Å². The van der Waals surface area contributed by atoms with Gasteiger partial charge in [0.1, 0.15) is 10.8 Å². The lowest BCUT2D eigenvalue weighted by Crippen LogP contribution is -2.43. The Morgan fingerprint density at radius 3 is 3.11 bits per heavy atom. The molecule has 0 aliphatic carbocycles. The number of nitrogens with zero attached hydrogens (tertiary/aromatic N) is 2. The van der Waals surface area contributed by atoms with Crippen LogP contribution in [0.2, 0.25) is 0 Å². The molecule has 3 N–H and O–H groups in total. The summed E-state index contributed by atoms with van der Waals surface area (Å²) < 4.78 is 0. The van der Waals surface area contributed by atoms with E-state index in [1.54, 1.807) is 17.2 Å². The second-order valence-corrected chi connectivity index (χ2v) is 4.89. The van der Waals surface area contributed by atoms with E-state index in [1.165, 1.54) is 0 Å². The van der Waals surface area contributed by atoms with Crippen molar-refractivity contribution in [2.75, 3.05) is 18.9 Å². The zero-order valence-electron chi connectivity index (χ0n) is 10.2. The number of nitrogens with two attached hydrogens (primary N) is 1. The number of likely N-dealkylation sites (N-methyl/N-ethyl adjacent to an activating group) is 1. The van der Waals surface area contributed by atoms with Gasteiger partial charge in [0.2, 0.25) is 5.91 Å². The third-order valence-corrected chi connectivity index (χ3v) is 3.26. The number of thiocarbonyl (C=S) groups is 1. The highest BCUT2D eigenvalue weighted by Gasteiger charge is 2.22. The Kier molecular flexibility index (Phi) is 3.76. The fourth-order valence-corrected chi connectivity index (χ4v) is 2.13. The van der Waals surface area contributed by atoms with E-state index in [4.69, 9.17) is 18.0 Å². The minimum Gasteiger partial charge on any atom is -0.389 e. The van der Waals surface area contributed by atoms with Crippen molar-refractivity contribution >= 4 is 28.9 Å². The molecule has 1 aromatic rings. The molecule has 2 heterocycles. The van der Waals surface area contributed by atoms with Crippen LogP contribution in [0.1, 0.15) is 18.4 Å². The van der Waals surface area contributed by atoms with E-state index < -0.39 is 0 Å². The van der Waals surface area contributed by atoms with Crippen LogP contribution in [0.5, 0.6) is 0 Å². The molecule has 1 aliphatic rings. The van der Waals surface area contributed by atoms with Crippen LogP contribution in [0.3, 0.4) is 0 Å². The summed E-state index contributed by atoms with van der Waals surface area (Å²) in [6, 6.07) is 3.84. The summed E-state index contributed by atoms with van der Waals surface area (Å²) in [5.74, 6) is 0.936. The Morgan fingerprint density at radius 1 is 1.67 bits per heavy atom. The van der Waals surface area contributed by atoms with Crippen LogP contribution < -0.4 is 11.1 Å². The van der Waals surface area contributed by atoms with E-state index in [9.17, 15) is 4.79 Å². The summed E-state index contributed by atoms with van der Waals surface area (Å²) in [6.07, 6.45) is 3.07. The lowest BCUT2D eigenvalue weighted by molar-refractivity contribution is -0.132. The van der Waals surface area contributed by atoms with E-state index in [1.807, 2.05) is 13.1 Å². The number of carbonyl (C=O) groups is 1. The largest absolute Gasteiger partial charge is 0.389 e. The van der Waals surface area contributed by atoms with Gasteiger partial charge >= 0.3 is 0 Å². The summed E-state index contributed by atoms with van der Waals surface area (Å²) in [7, 11) is 1.81.